The van der Waals surface area contributed by atoms with Crippen molar-refractivity contribution < 1.29 is 22.7 Å². The Labute approximate surface area is 168 Å². The zero-order valence-corrected chi connectivity index (χ0v) is 16.9. The number of hydrogen-bond acceptors (Lipinski definition) is 6. The molecule has 6 nitrogen and oxygen atoms in total. The Morgan fingerprint density at radius 2 is 1.65 bits per heavy atom. The summed E-state index contributed by atoms with van der Waals surface area (Å²) in [6.45, 7) is 0. The first-order chi connectivity index (χ1) is 12.2. The highest BCUT2D eigenvalue weighted by Gasteiger charge is 2.25. The molecule has 0 saturated carbocycles. The highest BCUT2D eigenvalue weighted by Crippen LogP contribution is 2.35. The quantitative estimate of drug-likeness (QED) is 0.412. The van der Waals surface area contributed by atoms with Gasteiger partial charge in [-0.3, -0.25) is 4.79 Å². The zero-order valence-electron chi connectivity index (χ0n) is 13.0. The molecule has 0 unspecified atom stereocenters. The molecule has 26 heavy (non-hydrogen) atoms. The summed E-state index contributed by atoms with van der Waals surface area (Å²) in [6, 6.07) is 8.01. The summed E-state index contributed by atoms with van der Waals surface area (Å²) in [4.78, 5) is 23.7. The van der Waals surface area contributed by atoms with Gasteiger partial charge in [0.1, 0.15) is 4.90 Å². The van der Waals surface area contributed by atoms with Gasteiger partial charge in [0.05, 0.1) is 27.7 Å². The van der Waals surface area contributed by atoms with Gasteiger partial charge in [0, 0.05) is 4.90 Å². The molecule has 11 heteroatoms. The van der Waals surface area contributed by atoms with E-state index in [0.717, 1.165) is 7.11 Å². The summed E-state index contributed by atoms with van der Waals surface area (Å²) >= 11 is 18.1. The number of rotatable bonds is 4. The molecule has 0 heterocycles. The molecule has 2 aromatic rings. The Kier molecular flexibility index (Phi) is 6.81. The number of carbonyl (C=O) groups excluding carboxylic acids is 2. The van der Waals surface area contributed by atoms with Crippen LogP contribution in [0.15, 0.2) is 46.2 Å². The van der Waals surface area contributed by atoms with E-state index in [4.69, 9.17) is 34.8 Å². The Morgan fingerprint density at radius 3 is 2.31 bits per heavy atom. The van der Waals surface area contributed by atoms with E-state index in [9.17, 15) is 18.0 Å². The van der Waals surface area contributed by atoms with E-state index in [2.05, 4.69) is 4.74 Å². The largest absolute Gasteiger partial charge is 0.465 e. The van der Waals surface area contributed by atoms with Crippen LogP contribution in [-0.2, 0) is 14.8 Å². The van der Waals surface area contributed by atoms with Crippen molar-refractivity contribution in [3.05, 3.63) is 57.0 Å². The van der Waals surface area contributed by atoms with Gasteiger partial charge < -0.3 is 4.74 Å². The Morgan fingerprint density at radius 1 is 1.04 bits per heavy atom. The van der Waals surface area contributed by atoms with Gasteiger partial charge in [0.2, 0.25) is 0 Å². The number of amides is 1. The Hall–Kier alpha value is -1.45. The second-order valence-corrected chi connectivity index (χ2v) is 8.57. The van der Waals surface area contributed by atoms with Gasteiger partial charge in [-0.1, -0.05) is 46.9 Å². The monoisotopic (exact) mass is 453 g/mol. The van der Waals surface area contributed by atoms with E-state index in [-0.39, 0.29) is 30.4 Å². The first-order valence-corrected chi connectivity index (χ1v) is 10.2. The summed E-state index contributed by atoms with van der Waals surface area (Å²) in [6.07, 6.45) is 0. The molecule has 0 aliphatic heterocycles. The minimum absolute atomic E-state index is 0.131. The van der Waals surface area contributed by atoms with Crippen LogP contribution in [0.1, 0.15) is 10.4 Å². The number of esters is 1. The number of carbonyl (C=O) groups is 2. The molecule has 138 valence electrons. The molecule has 0 atom stereocenters. The minimum Gasteiger partial charge on any atom is -0.465 e. The van der Waals surface area contributed by atoms with Crippen LogP contribution in [0.5, 0.6) is 0 Å². The highest BCUT2D eigenvalue weighted by molar-refractivity contribution is 8.14. The molecule has 0 radical (unpaired) electrons. The topological polar surface area (TPSA) is 89.5 Å². The number of benzene rings is 2. The lowest BCUT2D eigenvalue weighted by molar-refractivity contribution is 0.0596. The van der Waals surface area contributed by atoms with Crippen molar-refractivity contribution in [1.29, 1.82) is 0 Å². The molecular weight excluding hydrogens is 445 g/mol. The van der Waals surface area contributed by atoms with Gasteiger partial charge in [-0.2, -0.15) is 0 Å². The summed E-state index contributed by atoms with van der Waals surface area (Å²) in [7, 11) is -3.20. The average molecular weight is 455 g/mol. The first-order valence-electron chi connectivity index (χ1n) is 6.72. The predicted molar refractivity (Wildman–Crippen MR) is 101 cm³/mol. The second-order valence-electron chi connectivity index (χ2n) is 4.68. The maximum absolute atomic E-state index is 12.4. The number of hydrogen-bond donors (Lipinski definition) is 1. The summed E-state index contributed by atoms with van der Waals surface area (Å²) < 4.78 is 31.3. The van der Waals surface area contributed by atoms with Crippen LogP contribution in [0.2, 0.25) is 15.1 Å². The standard InChI is InChI=1S/C15H10Cl3NO5S2/c1-24-14(20)8-4-2-3-5-13(8)26(22,23)19-15(21)25-12-7-10(17)9(16)6-11(12)18/h2-7H,1H3,(H,19,21). The van der Waals surface area contributed by atoms with Gasteiger partial charge in [-0.25, -0.2) is 17.9 Å². The van der Waals surface area contributed by atoms with Crippen LogP contribution < -0.4 is 4.72 Å². The number of methoxy groups -OCH3 is 1. The average Bonchev–Trinajstić information content (AvgIpc) is 2.58. The van der Waals surface area contributed by atoms with Gasteiger partial charge in [0.15, 0.2) is 0 Å². The van der Waals surface area contributed by atoms with E-state index in [0.29, 0.717) is 11.8 Å². The van der Waals surface area contributed by atoms with Gasteiger partial charge in [-0.05, 0) is 36.0 Å². The van der Waals surface area contributed by atoms with Crippen molar-refractivity contribution in [2.75, 3.05) is 7.11 Å². The first kappa shape index (κ1) is 20.9. The maximum Gasteiger partial charge on any atom is 0.339 e. The summed E-state index contributed by atoms with van der Waals surface area (Å²) in [5, 5.41) is -0.455. The van der Waals surface area contributed by atoms with Gasteiger partial charge in [-0.15, -0.1) is 0 Å². The van der Waals surface area contributed by atoms with Gasteiger partial charge >= 0.3 is 5.97 Å². The van der Waals surface area contributed by atoms with Crippen molar-refractivity contribution in [1.82, 2.24) is 4.72 Å². The number of halogens is 3. The second kappa shape index (κ2) is 8.49. The lowest BCUT2D eigenvalue weighted by Gasteiger charge is -2.10. The van der Waals surface area contributed by atoms with Crippen LogP contribution in [0.3, 0.4) is 0 Å². The van der Waals surface area contributed by atoms with Crippen LogP contribution in [-0.4, -0.2) is 26.7 Å². The number of nitrogens with one attached hydrogen (secondary N) is 1. The fourth-order valence-corrected chi connectivity index (χ4v) is 4.63. The molecule has 0 spiro atoms. The summed E-state index contributed by atoms with van der Waals surface area (Å²) in [5.41, 5.74) is -0.201. The van der Waals surface area contributed by atoms with Crippen molar-refractivity contribution in [2.45, 2.75) is 9.79 Å². The predicted octanol–water partition coefficient (Wildman–Crippen LogP) is 4.62. The Bertz CT molecular complexity index is 979. The zero-order chi connectivity index (χ0) is 19.5. The molecule has 0 bridgehead atoms. The fourth-order valence-electron chi connectivity index (χ4n) is 1.85. The van der Waals surface area contributed by atoms with Crippen molar-refractivity contribution in [3.63, 3.8) is 0 Å². The van der Waals surface area contributed by atoms with E-state index >= 15 is 0 Å². The third-order valence-electron chi connectivity index (χ3n) is 2.98. The smallest absolute Gasteiger partial charge is 0.339 e. The van der Waals surface area contributed by atoms with Crippen LogP contribution in [0.25, 0.3) is 0 Å². The van der Waals surface area contributed by atoms with E-state index in [1.807, 2.05) is 4.72 Å². The molecule has 0 fully saturated rings. The van der Waals surface area contributed by atoms with E-state index in [1.54, 1.807) is 0 Å². The molecule has 1 amide bonds. The minimum atomic E-state index is -4.32. The number of thioether (sulfide) groups is 1. The molecule has 0 aliphatic rings. The van der Waals surface area contributed by atoms with Crippen LogP contribution in [0.4, 0.5) is 4.79 Å². The third kappa shape index (κ3) is 4.83. The molecule has 0 saturated heterocycles. The lowest BCUT2D eigenvalue weighted by Crippen LogP contribution is -2.28. The number of sulfonamides is 1. The molecule has 1 N–H and O–H groups in total. The lowest BCUT2D eigenvalue weighted by atomic mass is 10.2. The molecule has 2 rings (SSSR count). The van der Waals surface area contributed by atoms with Crippen molar-refractivity contribution in [3.8, 4) is 0 Å². The van der Waals surface area contributed by atoms with E-state index < -0.39 is 21.2 Å². The van der Waals surface area contributed by atoms with Gasteiger partial charge in [0.25, 0.3) is 15.3 Å². The van der Waals surface area contributed by atoms with Crippen LogP contribution in [0, 0.1) is 0 Å². The van der Waals surface area contributed by atoms with Crippen LogP contribution >= 0.6 is 46.6 Å². The number of ether oxygens (including phenoxy) is 1. The van der Waals surface area contributed by atoms with E-state index in [1.165, 1.54) is 36.4 Å². The molecule has 0 aromatic heterocycles. The third-order valence-corrected chi connectivity index (χ3v) is 6.49. The summed E-state index contributed by atoms with van der Waals surface area (Å²) in [5.74, 6) is -0.849. The molecule has 2 aromatic carbocycles. The molecular formula is C15H10Cl3NO5S2. The highest BCUT2D eigenvalue weighted by atomic mass is 35.5. The fraction of sp³-hybridized carbons (Fsp3) is 0.0667. The maximum atomic E-state index is 12.4. The molecule has 0 aliphatic carbocycles. The van der Waals surface area contributed by atoms with Crippen molar-refractivity contribution in [2.24, 2.45) is 0 Å². The Balaban J connectivity index is 2.27. The normalized spacial score (nSPS) is 11.1. The van der Waals surface area contributed by atoms with Crippen molar-refractivity contribution >= 4 is 67.8 Å². The SMILES string of the molecule is COC(=O)c1ccccc1S(=O)(=O)NC(=O)Sc1cc(Cl)c(Cl)cc1Cl.